The van der Waals surface area contributed by atoms with Gasteiger partial charge in [0.15, 0.2) is 11.5 Å². The molecular weight excluding hydrogens is 218 g/mol. The lowest BCUT2D eigenvalue weighted by Crippen LogP contribution is -2.28. The van der Waals surface area contributed by atoms with Crippen LogP contribution in [0.25, 0.3) is 0 Å². The molecule has 0 saturated heterocycles. The number of nitrogens with one attached hydrogen (secondary N) is 1. The van der Waals surface area contributed by atoms with Crippen LogP contribution in [0.3, 0.4) is 0 Å². The summed E-state index contributed by atoms with van der Waals surface area (Å²) < 4.78 is 0. The Morgan fingerprint density at radius 2 is 1.94 bits per heavy atom. The molecule has 0 spiro atoms. The average molecular weight is 235 g/mol. The van der Waals surface area contributed by atoms with Crippen molar-refractivity contribution in [1.29, 1.82) is 0 Å². The Kier molecular flexibility index (Phi) is 3.52. The molecule has 0 aliphatic heterocycles. The van der Waals surface area contributed by atoms with E-state index in [9.17, 15) is 9.90 Å². The summed E-state index contributed by atoms with van der Waals surface area (Å²) in [5.41, 5.74) is 0.373. The third kappa shape index (κ3) is 2.90. The van der Waals surface area contributed by atoms with Gasteiger partial charge >= 0.3 is 0 Å². The number of carbonyl (C=O) groups excluding carboxylic acids is 1. The zero-order chi connectivity index (χ0) is 12.3. The van der Waals surface area contributed by atoms with Crippen molar-refractivity contribution in [2.45, 2.75) is 25.7 Å². The average Bonchev–Trinajstić information content (AvgIpc) is 2.82. The van der Waals surface area contributed by atoms with Crippen molar-refractivity contribution in [1.82, 2.24) is 5.32 Å². The number of phenolic OH excluding ortho intramolecular Hbond substituents is 2. The van der Waals surface area contributed by atoms with E-state index < -0.39 is 0 Å². The molecule has 0 radical (unpaired) electrons. The number of phenols is 2. The summed E-state index contributed by atoms with van der Waals surface area (Å²) in [4.78, 5) is 11.8. The third-order valence-electron chi connectivity index (χ3n) is 3.26. The van der Waals surface area contributed by atoms with Gasteiger partial charge in [0.2, 0.25) is 0 Å². The quantitative estimate of drug-likeness (QED) is 0.702. The summed E-state index contributed by atoms with van der Waals surface area (Å²) >= 11 is 0. The van der Waals surface area contributed by atoms with Gasteiger partial charge in [0.05, 0.1) is 0 Å². The van der Waals surface area contributed by atoms with Crippen molar-refractivity contribution in [3.05, 3.63) is 23.8 Å². The first-order chi connectivity index (χ1) is 8.16. The van der Waals surface area contributed by atoms with E-state index in [1.807, 2.05) is 0 Å². The van der Waals surface area contributed by atoms with Crippen LogP contribution in [-0.2, 0) is 0 Å². The second-order valence-electron chi connectivity index (χ2n) is 4.56. The predicted molar refractivity (Wildman–Crippen MR) is 64.1 cm³/mol. The predicted octanol–water partition coefficient (Wildman–Crippen LogP) is 2.02. The van der Waals surface area contributed by atoms with Crippen LogP contribution in [0.4, 0.5) is 0 Å². The molecule has 0 heterocycles. The van der Waals surface area contributed by atoms with Gasteiger partial charge in [0, 0.05) is 12.1 Å². The van der Waals surface area contributed by atoms with E-state index in [-0.39, 0.29) is 17.4 Å². The largest absolute Gasteiger partial charge is 0.504 e. The molecule has 0 unspecified atom stereocenters. The second kappa shape index (κ2) is 5.08. The number of amides is 1. The van der Waals surface area contributed by atoms with Crippen LogP contribution < -0.4 is 5.32 Å². The van der Waals surface area contributed by atoms with Crippen LogP contribution in [0.15, 0.2) is 18.2 Å². The first kappa shape index (κ1) is 11.8. The van der Waals surface area contributed by atoms with E-state index in [1.165, 1.54) is 43.9 Å². The highest BCUT2D eigenvalue weighted by atomic mass is 16.3. The fourth-order valence-corrected chi connectivity index (χ4v) is 2.22. The number of aromatic hydroxyl groups is 2. The molecule has 1 aromatic carbocycles. The van der Waals surface area contributed by atoms with Gasteiger partial charge in [0.25, 0.3) is 5.91 Å². The Balaban J connectivity index is 1.92. The van der Waals surface area contributed by atoms with Gasteiger partial charge in [-0.3, -0.25) is 4.79 Å². The van der Waals surface area contributed by atoms with Crippen LogP contribution in [0.2, 0.25) is 0 Å². The molecule has 0 aromatic heterocycles. The lowest BCUT2D eigenvalue weighted by Gasteiger charge is -2.10. The molecule has 2 rings (SSSR count). The minimum absolute atomic E-state index is 0.202. The standard InChI is InChI=1S/C13H17NO3/c15-11-6-5-10(7-12(11)16)13(17)14-8-9-3-1-2-4-9/h5-7,9,15-16H,1-4,8H2,(H,14,17). The minimum atomic E-state index is -0.265. The van der Waals surface area contributed by atoms with Crippen molar-refractivity contribution >= 4 is 5.91 Å². The van der Waals surface area contributed by atoms with Crippen LogP contribution in [0.5, 0.6) is 11.5 Å². The van der Waals surface area contributed by atoms with Crippen LogP contribution in [0.1, 0.15) is 36.0 Å². The molecule has 1 fully saturated rings. The smallest absolute Gasteiger partial charge is 0.251 e. The minimum Gasteiger partial charge on any atom is -0.504 e. The third-order valence-corrected chi connectivity index (χ3v) is 3.26. The molecule has 4 heteroatoms. The normalized spacial score (nSPS) is 16.0. The fraction of sp³-hybridized carbons (Fsp3) is 0.462. The number of benzene rings is 1. The SMILES string of the molecule is O=C(NCC1CCCC1)c1ccc(O)c(O)c1. The molecule has 17 heavy (non-hydrogen) atoms. The zero-order valence-electron chi connectivity index (χ0n) is 9.65. The summed E-state index contributed by atoms with van der Waals surface area (Å²) in [5.74, 6) is -0.0901. The molecule has 1 aromatic rings. The van der Waals surface area contributed by atoms with Crippen LogP contribution >= 0.6 is 0 Å². The fourth-order valence-electron chi connectivity index (χ4n) is 2.22. The number of rotatable bonds is 3. The Labute approximate surface area is 100 Å². The van der Waals surface area contributed by atoms with Crippen molar-refractivity contribution in [2.75, 3.05) is 6.54 Å². The number of carbonyl (C=O) groups is 1. The van der Waals surface area contributed by atoms with Gasteiger partial charge in [0.1, 0.15) is 0 Å². The summed E-state index contributed by atoms with van der Waals surface area (Å²) in [5, 5.41) is 21.3. The second-order valence-corrected chi connectivity index (χ2v) is 4.56. The van der Waals surface area contributed by atoms with E-state index in [4.69, 9.17) is 5.11 Å². The molecule has 1 saturated carbocycles. The monoisotopic (exact) mass is 235 g/mol. The van der Waals surface area contributed by atoms with Gasteiger partial charge in [-0.15, -0.1) is 0 Å². The van der Waals surface area contributed by atoms with Crippen molar-refractivity contribution in [2.24, 2.45) is 5.92 Å². The highest BCUT2D eigenvalue weighted by Crippen LogP contribution is 2.25. The molecule has 0 bridgehead atoms. The van der Waals surface area contributed by atoms with Crippen molar-refractivity contribution in [3.8, 4) is 11.5 Å². The number of hydrogen-bond acceptors (Lipinski definition) is 3. The van der Waals surface area contributed by atoms with Gasteiger partial charge in [-0.05, 0) is 37.0 Å². The Bertz CT molecular complexity index is 411. The van der Waals surface area contributed by atoms with Crippen LogP contribution in [0, 0.1) is 5.92 Å². The summed E-state index contributed by atoms with van der Waals surface area (Å²) in [7, 11) is 0. The van der Waals surface area contributed by atoms with E-state index in [0.29, 0.717) is 18.0 Å². The van der Waals surface area contributed by atoms with E-state index in [0.717, 1.165) is 0 Å². The molecule has 3 N–H and O–H groups in total. The summed E-state index contributed by atoms with van der Waals surface area (Å²) in [6, 6.07) is 4.10. The van der Waals surface area contributed by atoms with Gasteiger partial charge in [-0.25, -0.2) is 0 Å². The lowest BCUT2D eigenvalue weighted by molar-refractivity contribution is 0.0947. The highest BCUT2D eigenvalue weighted by molar-refractivity contribution is 5.94. The number of hydrogen-bond donors (Lipinski definition) is 3. The molecule has 1 aliphatic rings. The highest BCUT2D eigenvalue weighted by Gasteiger charge is 2.16. The zero-order valence-corrected chi connectivity index (χ0v) is 9.65. The summed E-state index contributed by atoms with van der Waals surface area (Å²) in [6.07, 6.45) is 4.86. The Hall–Kier alpha value is -1.71. The first-order valence-corrected chi connectivity index (χ1v) is 5.97. The molecule has 0 atom stereocenters. The van der Waals surface area contributed by atoms with Crippen LogP contribution in [-0.4, -0.2) is 22.7 Å². The topological polar surface area (TPSA) is 69.6 Å². The van der Waals surface area contributed by atoms with E-state index in [2.05, 4.69) is 5.32 Å². The molecule has 4 nitrogen and oxygen atoms in total. The lowest BCUT2D eigenvalue weighted by atomic mass is 10.1. The van der Waals surface area contributed by atoms with Gasteiger partial charge in [-0.1, -0.05) is 12.8 Å². The maximum atomic E-state index is 11.8. The molecule has 1 aliphatic carbocycles. The van der Waals surface area contributed by atoms with Crippen molar-refractivity contribution in [3.63, 3.8) is 0 Å². The first-order valence-electron chi connectivity index (χ1n) is 5.97. The maximum absolute atomic E-state index is 11.8. The van der Waals surface area contributed by atoms with Crippen molar-refractivity contribution < 1.29 is 15.0 Å². The summed E-state index contributed by atoms with van der Waals surface area (Å²) in [6.45, 7) is 0.695. The molecule has 92 valence electrons. The van der Waals surface area contributed by atoms with E-state index in [1.54, 1.807) is 0 Å². The van der Waals surface area contributed by atoms with E-state index >= 15 is 0 Å². The van der Waals surface area contributed by atoms with Gasteiger partial charge < -0.3 is 15.5 Å². The van der Waals surface area contributed by atoms with Gasteiger partial charge in [-0.2, -0.15) is 0 Å². The Morgan fingerprint density at radius 1 is 1.24 bits per heavy atom. The molecular formula is C13H17NO3. The Morgan fingerprint density at radius 3 is 2.59 bits per heavy atom. The molecule has 1 amide bonds. The maximum Gasteiger partial charge on any atom is 0.251 e.